The van der Waals surface area contributed by atoms with Crippen LogP contribution in [0.1, 0.15) is 43.6 Å². The Morgan fingerprint density at radius 3 is 2.58 bits per heavy atom. The molecule has 1 aliphatic carbocycles. The summed E-state index contributed by atoms with van der Waals surface area (Å²) in [5, 5.41) is 9.69. The van der Waals surface area contributed by atoms with Gasteiger partial charge in [-0.2, -0.15) is 5.10 Å². The van der Waals surface area contributed by atoms with Gasteiger partial charge in [-0.1, -0.05) is 43.4 Å². The van der Waals surface area contributed by atoms with Gasteiger partial charge in [0.25, 0.3) is 0 Å². The Labute approximate surface area is 187 Å². The Morgan fingerprint density at radius 1 is 1.26 bits per heavy atom. The van der Waals surface area contributed by atoms with E-state index in [-0.39, 0.29) is 28.3 Å². The highest BCUT2D eigenvalue weighted by Gasteiger charge is 2.28. The summed E-state index contributed by atoms with van der Waals surface area (Å²) in [4.78, 5) is 24.7. The van der Waals surface area contributed by atoms with Gasteiger partial charge in [0.2, 0.25) is 11.8 Å². The molecule has 0 bridgehead atoms. The maximum absolute atomic E-state index is 13.2. The number of nitrogens with one attached hydrogen (secondary N) is 2. The van der Waals surface area contributed by atoms with Crippen molar-refractivity contribution in [2.24, 2.45) is 5.92 Å². The molecule has 0 saturated heterocycles. The van der Waals surface area contributed by atoms with Crippen LogP contribution in [0.15, 0.2) is 35.4 Å². The number of carbonyl (C=O) groups excluding carboxylic acids is 2. The molecule has 1 saturated carbocycles. The minimum Gasteiger partial charge on any atom is -0.358 e. The Morgan fingerprint density at radius 2 is 1.97 bits per heavy atom. The van der Waals surface area contributed by atoms with Gasteiger partial charge >= 0.3 is 0 Å². The van der Waals surface area contributed by atoms with Crippen molar-refractivity contribution in [3.63, 3.8) is 0 Å². The minimum absolute atomic E-state index is 0.0471. The number of likely N-dealkylation sites (N-methyl/N-ethyl adjacent to an activating group) is 1. The summed E-state index contributed by atoms with van der Waals surface area (Å²) in [6, 6.07) is 6.32. The molecule has 0 radical (unpaired) electrons. The number of amides is 2. The fourth-order valence-corrected chi connectivity index (χ4v) is 5.30. The molecule has 10 heteroatoms. The minimum atomic E-state index is -3.45. The molecule has 1 fully saturated rings. The lowest BCUT2D eigenvalue weighted by Gasteiger charge is -2.21. The van der Waals surface area contributed by atoms with E-state index in [1.165, 1.54) is 10.7 Å². The number of nitrogens with zero attached hydrogens (tertiary/aromatic N) is 2. The molecule has 1 heterocycles. The topological polar surface area (TPSA) is 110 Å². The summed E-state index contributed by atoms with van der Waals surface area (Å²) >= 11 is 6.24. The Balaban J connectivity index is 1.82. The van der Waals surface area contributed by atoms with Crippen LogP contribution in [-0.4, -0.2) is 43.3 Å². The van der Waals surface area contributed by atoms with Crippen molar-refractivity contribution in [2.45, 2.75) is 49.5 Å². The van der Waals surface area contributed by atoms with Crippen LogP contribution in [0.2, 0.25) is 5.02 Å². The van der Waals surface area contributed by atoms with Crippen LogP contribution in [0.4, 0.5) is 5.82 Å². The molecule has 0 aliphatic heterocycles. The molecular weight excluding hydrogens is 440 g/mol. The van der Waals surface area contributed by atoms with Gasteiger partial charge in [-0.15, -0.1) is 0 Å². The molecule has 2 aromatic rings. The first kappa shape index (κ1) is 23.3. The second kappa shape index (κ2) is 9.82. The Bertz CT molecular complexity index is 1060. The number of hydrogen-bond donors (Lipinski definition) is 2. The third-order valence-electron chi connectivity index (χ3n) is 5.59. The second-order valence-corrected chi connectivity index (χ2v) is 10.4. The third kappa shape index (κ3) is 6.07. The highest BCUT2D eigenvalue weighted by atomic mass is 35.5. The lowest BCUT2D eigenvalue weighted by Crippen LogP contribution is -2.25. The Kier molecular flexibility index (Phi) is 7.38. The zero-order valence-electron chi connectivity index (χ0n) is 17.6. The first-order valence-electron chi connectivity index (χ1n) is 10.2. The number of rotatable bonds is 8. The molecule has 2 N–H and O–H groups in total. The SMILES string of the molecule is CNC(=O)Cn1ccc(NC(=O)C(CC2CCCC2)c2ccc(S(C)(=O)=O)c(Cl)c2)n1. The predicted molar refractivity (Wildman–Crippen MR) is 119 cm³/mol. The fourth-order valence-electron chi connectivity index (χ4n) is 3.96. The maximum Gasteiger partial charge on any atom is 0.241 e. The second-order valence-electron chi connectivity index (χ2n) is 7.96. The van der Waals surface area contributed by atoms with Crippen LogP contribution in [-0.2, 0) is 26.0 Å². The zero-order valence-corrected chi connectivity index (χ0v) is 19.2. The van der Waals surface area contributed by atoms with Crippen molar-refractivity contribution in [1.29, 1.82) is 0 Å². The molecule has 0 spiro atoms. The van der Waals surface area contributed by atoms with Crippen molar-refractivity contribution in [3.8, 4) is 0 Å². The van der Waals surface area contributed by atoms with Crippen LogP contribution in [0.25, 0.3) is 0 Å². The van der Waals surface area contributed by atoms with Crippen molar-refractivity contribution in [3.05, 3.63) is 41.0 Å². The summed E-state index contributed by atoms with van der Waals surface area (Å²) in [5.41, 5.74) is 0.673. The van der Waals surface area contributed by atoms with Gasteiger partial charge in [0, 0.05) is 25.6 Å². The zero-order chi connectivity index (χ0) is 22.6. The molecule has 2 amide bonds. The lowest BCUT2D eigenvalue weighted by atomic mass is 9.87. The Hall–Kier alpha value is -2.39. The van der Waals surface area contributed by atoms with E-state index < -0.39 is 15.8 Å². The quantitative estimate of drug-likeness (QED) is 0.621. The summed E-state index contributed by atoms with van der Waals surface area (Å²) in [6.45, 7) is 0.0560. The van der Waals surface area contributed by atoms with Gasteiger partial charge in [-0.25, -0.2) is 8.42 Å². The third-order valence-corrected chi connectivity index (χ3v) is 7.17. The molecule has 168 valence electrons. The molecule has 1 unspecified atom stereocenters. The molecule has 1 aromatic carbocycles. The van der Waals surface area contributed by atoms with Crippen molar-refractivity contribution < 1.29 is 18.0 Å². The molecule has 1 aliphatic rings. The first-order valence-corrected chi connectivity index (χ1v) is 12.5. The maximum atomic E-state index is 13.2. The van der Waals surface area contributed by atoms with Crippen LogP contribution in [0, 0.1) is 5.92 Å². The van der Waals surface area contributed by atoms with Crippen molar-refractivity contribution in [1.82, 2.24) is 15.1 Å². The van der Waals surface area contributed by atoms with Crippen molar-refractivity contribution >= 4 is 39.1 Å². The van der Waals surface area contributed by atoms with Crippen LogP contribution in [0.3, 0.4) is 0 Å². The van der Waals surface area contributed by atoms with Crippen LogP contribution in [0.5, 0.6) is 0 Å². The van der Waals surface area contributed by atoms with E-state index in [2.05, 4.69) is 15.7 Å². The highest BCUT2D eigenvalue weighted by molar-refractivity contribution is 7.90. The van der Waals surface area contributed by atoms with E-state index >= 15 is 0 Å². The highest BCUT2D eigenvalue weighted by Crippen LogP contribution is 2.36. The van der Waals surface area contributed by atoms with E-state index in [1.807, 2.05) is 0 Å². The molecule has 31 heavy (non-hydrogen) atoms. The van der Waals surface area contributed by atoms with Crippen molar-refractivity contribution in [2.75, 3.05) is 18.6 Å². The number of halogens is 1. The standard InChI is InChI=1S/C21H27ClN4O4S/c1-23-20(27)13-26-10-9-19(25-26)24-21(28)16(11-14-5-3-4-6-14)15-7-8-18(17(22)12-15)31(2,29)30/h7-10,12,14,16H,3-6,11,13H2,1-2H3,(H,23,27)(H,24,25,28). The van der Waals surface area contributed by atoms with Gasteiger partial charge in [0.1, 0.15) is 6.54 Å². The van der Waals surface area contributed by atoms with E-state index in [1.54, 1.807) is 31.4 Å². The number of benzene rings is 1. The molecule has 8 nitrogen and oxygen atoms in total. The average Bonchev–Trinajstić information content (AvgIpc) is 3.36. The number of anilines is 1. The molecular formula is C21H27ClN4O4S. The number of carbonyl (C=O) groups is 2. The summed E-state index contributed by atoms with van der Waals surface area (Å²) in [5.74, 6) is -0.140. The molecule has 1 aromatic heterocycles. The fraction of sp³-hybridized carbons (Fsp3) is 0.476. The number of aromatic nitrogens is 2. The van der Waals surface area contributed by atoms with Gasteiger partial charge in [0.05, 0.1) is 15.8 Å². The number of hydrogen-bond acceptors (Lipinski definition) is 5. The normalized spacial score (nSPS) is 15.6. The first-order chi connectivity index (χ1) is 14.7. The summed E-state index contributed by atoms with van der Waals surface area (Å²) < 4.78 is 25.2. The van der Waals surface area contributed by atoms with Crippen LogP contribution < -0.4 is 10.6 Å². The van der Waals surface area contributed by atoms with Gasteiger partial charge in [-0.3, -0.25) is 14.3 Å². The van der Waals surface area contributed by atoms with E-state index in [0.717, 1.165) is 31.9 Å². The average molecular weight is 467 g/mol. The lowest BCUT2D eigenvalue weighted by molar-refractivity contribution is -0.121. The number of sulfone groups is 1. The monoisotopic (exact) mass is 466 g/mol. The van der Waals surface area contributed by atoms with E-state index in [4.69, 9.17) is 11.6 Å². The summed E-state index contributed by atoms with van der Waals surface area (Å²) in [7, 11) is -1.91. The smallest absolute Gasteiger partial charge is 0.241 e. The van der Waals surface area contributed by atoms with Gasteiger partial charge in [0.15, 0.2) is 15.7 Å². The van der Waals surface area contributed by atoms with E-state index in [9.17, 15) is 18.0 Å². The molecule has 3 rings (SSSR count). The van der Waals surface area contributed by atoms with Gasteiger partial charge in [-0.05, 0) is 30.0 Å². The van der Waals surface area contributed by atoms with Gasteiger partial charge < -0.3 is 10.6 Å². The van der Waals surface area contributed by atoms with Crippen LogP contribution >= 0.6 is 11.6 Å². The predicted octanol–water partition coefficient (Wildman–Crippen LogP) is 2.99. The molecule has 1 atom stereocenters. The summed E-state index contributed by atoms with van der Waals surface area (Å²) in [6.07, 6.45) is 7.81. The largest absolute Gasteiger partial charge is 0.358 e. The van der Waals surface area contributed by atoms with E-state index in [0.29, 0.717) is 23.7 Å².